The van der Waals surface area contributed by atoms with E-state index in [0.29, 0.717) is 22.5 Å². The second-order valence-corrected chi connectivity index (χ2v) is 4.88. The van der Waals surface area contributed by atoms with E-state index in [1.54, 1.807) is 55.5 Å². The first kappa shape index (κ1) is 14.8. The summed E-state index contributed by atoms with van der Waals surface area (Å²) in [7, 11) is 0. The van der Waals surface area contributed by atoms with Gasteiger partial charge in [0, 0.05) is 5.69 Å². The number of nitrogens with zero attached hydrogens (tertiary/aromatic N) is 1. The molecule has 0 radical (unpaired) electrons. The van der Waals surface area contributed by atoms with E-state index in [1.165, 1.54) is 0 Å². The van der Waals surface area contributed by atoms with Gasteiger partial charge in [-0.1, -0.05) is 12.1 Å². The van der Waals surface area contributed by atoms with Crippen LogP contribution in [0.25, 0.3) is 0 Å². The van der Waals surface area contributed by atoms with Crippen molar-refractivity contribution in [2.75, 3.05) is 16.8 Å². The van der Waals surface area contributed by atoms with Gasteiger partial charge in [-0.2, -0.15) is 0 Å². The maximum absolute atomic E-state index is 12.4. The third-order valence-electron chi connectivity index (χ3n) is 3.44. The number of carbonyl (C=O) groups excluding carboxylic acids is 3. The molecule has 116 valence electrons. The van der Waals surface area contributed by atoms with E-state index in [-0.39, 0.29) is 18.4 Å². The van der Waals surface area contributed by atoms with Crippen molar-refractivity contribution in [3.05, 3.63) is 59.7 Å². The van der Waals surface area contributed by atoms with Gasteiger partial charge in [-0.05, 0) is 43.3 Å². The first-order valence-electron chi connectivity index (χ1n) is 7.13. The monoisotopic (exact) mass is 310 g/mol. The van der Waals surface area contributed by atoms with E-state index >= 15 is 0 Å². The molecule has 6 nitrogen and oxygen atoms in total. The van der Waals surface area contributed by atoms with Gasteiger partial charge >= 0.3 is 6.09 Å². The van der Waals surface area contributed by atoms with Crippen molar-refractivity contribution in [1.82, 2.24) is 0 Å². The van der Waals surface area contributed by atoms with Gasteiger partial charge in [0.05, 0.1) is 23.4 Å². The third kappa shape index (κ3) is 2.66. The van der Waals surface area contributed by atoms with Crippen LogP contribution in [-0.2, 0) is 4.74 Å². The predicted molar refractivity (Wildman–Crippen MR) is 84.7 cm³/mol. The van der Waals surface area contributed by atoms with Crippen LogP contribution in [-0.4, -0.2) is 24.5 Å². The number of carbonyl (C=O) groups is 3. The standard InChI is InChI=1S/C17H14N2O4/c1-2-23-17(22)18-11-7-9-12(10-8-11)19-15(20)13-5-3-4-6-14(13)16(19)21/h3-10H,2H2,1H3,(H,18,22). The highest BCUT2D eigenvalue weighted by atomic mass is 16.5. The van der Waals surface area contributed by atoms with Gasteiger partial charge in [0.1, 0.15) is 0 Å². The lowest BCUT2D eigenvalue weighted by molar-refractivity contribution is 0.0926. The Labute approximate surface area is 132 Å². The molecule has 2 aromatic rings. The lowest BCUT2D eigenvalue weighted by Gasteiger charge is -2.14. The molecule has 0 spiro atoms. The van der Waals surface area contributed by atoms with Crippen molar-refractivity contribution in [1.29, 1.82) is 0 Å². The van der Waals surface area contributed by atoms with Gasteiger partial charge < -0.3 is 4.74 Å². The van der Waals surface area contributed by atoms with Crippen LogP contribution in [0.2, 0.25) is 0 Å². The Bertz CT molecular complexity index is 748. The summed E-state index contributed by atoms with van der Waals surface area (Å²) in [6.45, 7) is 1.99. The van der Waals surface area contributed by atoms with Crippen molar-refractivity contribution in [2.24, 2.45) is 0 Å². The summed E-state index contributed by atoms with van der Waals surface area (Å²) in [6, 6.07) is 13.1. The molecule has 0 bridgehead atoms. The van der Waals surface area contributed by atoms with E-state index in [9.17, 15) is 14.4 Å². The zero-order chi connectivity index (χ0) is 16.4. The predicted octanol–water partition coefficient (Wildman–Crippen LogP) is 3.06. The first-order valence-corrected chi connectivity index (χ1v) is 7.13. The molecule has 0 saturated heterocycles. The minimum atomic E-state index is -0.555. The Balaban J connectivity index is 1.82. The number of amides is 3. The second kappa shape index (κ2) is 5.92. The molecule has 0 saturated carbocycles. The molecule has 0 atom stereocenters. The number of hydrogen-bond donors (Lipinski definition) is 1. The molecule has 1 aliphatic rings. The quantitative estimate of drug-likeness (QED) is 0.884. The van der Waals surface area contributed by atoms with Crippen LogP contribution in [0.15, 0.2) is 48.5 Å². The van der Waals surface area contributed by atoms with Gasteiger partial charge in [0.15, 0.2) is 0 Å². The molecular weight excluding hydrogens is 296 g/mol. The SMILES string of the molecule is CCOC(=O)Nc1ccc(N2C(=O)c3ccccc3C2=O)cc1. The lowest BCUT2D eigenvalue weighted by atomic mass is 10.1. The summed E-state index contributed by atoms with van der Waals surface area (Å²) < 4.78 is 4.78. The van der Waals surface area contributed by atoms with Gasteiger partial charge in [0.25, 0.3) is 11.8 Å². The number of benzene rings is 2. The van der Waals surface area contributed by atoms with Crippen molar-refractivity contribution >= 4 is 29.3 Å². The fourth-order valence-corrected chi connectivity index (χ4v) is 2.40. The van der Waals surface area contributed by atoms with Crippen LogP contribution in [0.4, 0.5) is 16.2 Å². The zero-order valence-corrected chi connectivity index (χ0v) is 12.4. The fraction of sp³-hybridized carbons (Fsp3) is 0.118. The summed E-state index contributed by atoms with van der Waals surface area (Å²) >= 11 is 0. The molecule has 1 N–H and O–H groups in total. The molecule has 0 aromatic heterocycles. The molecule has 0 aliphatic carbocycles. The smallest absolute Gasteiger partial charge is 0.411 e. The van der Waals surface area contributed by atoms with Gasteiger partial charge in [-0.15, -0.1) is 0 Å². The maximum Gasteiger partial charge on any atom is 0.411 e. The van der Waals surface area contributed by atoms with Crippen LogP contribution in [0.1, 0.15) is 27.6 Å². The maximum atomic E-state index is 12.4. The largest absolute Gasteiger partial charge is 0.450 e. The Morgan fingerprint density at radius 3 is 2.09 bits per heavy atom. The summed E-state index contributed by atoms with van der Waals surface area (Å²) in [5.74, 6) is -0.701. The number of hydrogen-bond acceptors (Lipinski definition) is 4. The van der Waals surface area contributed by atoms with Crippen LogP contribution in [0.3, 0.4) is 0 Å². The molecule has 2 aromatic carbocycles. The van der Waals surface area contributed by atoms with E-state index in [1.807, 2.05) is 0 Å². The summed E-state index contributed by atoms with van der Waals surface area (Å²) in [5.41, 5.74) is 1.76. The third-order valence-corrected chi connectivity index (χ3v) is 3.44. The molecule has 23 heavy (non-hydrogen) atoms. The average molecular weight is 310 g/mol. The number of nitrogens with one attached hydrogen (secondary N) is 1. The minimum absolute atomic E-state index is 0.277. The molecule has 0 unspecified atom stereocenters. The second-order valence-electron chi connectivity index (χ2n) is 4.88. The van der Waals surface area contributed by atoms with E-state index in [0.717, 1.165) is 4.90 Å². The Morgan fingerprint density at radius 1 is 1.00 bits per heavy atom. The van der Waals surface area contributed by atoms with Crippen molar-refractivity contribution in [2.45, 2.75) is 6.92 Å². The summed E-state index contributed by atoms with van der Waals surface area (Å²) in [5, 5.41) is 2.55. The average Bonchev–Trinajstić information content (AvgIpc) is 2.81. The summed E-state index contributed by atoms with van der Waals surface area (Å²) in [4.78, 5) is 37.2. The highest BCUT2D eigenvalue weighted by Crippen LogP contribution is 2.28. The summed E-state index contributed by atoms with van der Waals surface area (Å²) in [6.07, 6.45) is -0.555. The van der Waals surface area contributed by atoms with Crippen molar-refractivity contribution in [3.63, 3.8) is 0 Å². The molecular formula is C17H14N2O4. The molecule has 1 heterocycles. The number of rotatable bonds is 3. The first-order chi connectivity index (χ1) is 11.1. The Hall–Kier alpha value is -3.15. The molecule has 6 heteroatoms. The Kier molecular flexibility index (Phi) is 3.80. The van der Waals surface area contributed by atoms with Crippen molar-refractivity contribution < 1.29 is 19.1 Å². The van der Waals surface area contributed by atoms with Crippen LogP contribution >= 0.6 is 0 Å². The van der Waals surface area contributed by atoms with Gasteiger partial charge in [-0.25, -0.2) is 9.69 Å². The fourth-order valence-electron chi connectivity index (χ4n) is 2.40. The van der Waals surface area contributed by atoms with Crippen LogP contribution in [0.5, 0.6) is 0 Å². The van der Waals surface area contributed by atoms with Crippen LogP contribution < -0.4 is 10.2 Å². The number of anilines is 2. The Morgan fingerprint density at radius 2 is 1.57 bits per heavy atom. The minimum Gasteiger partial charge on any atom is -0.450 e. The highest BCUT2D eigenvalue weighted by molar-refractivity contribution is 6.34. The topological polar surface area (TPSA) is 75.7 Å². The molecule has 3 amide bonds. The zero-order valence-electron chi connectivity index (χ0n) is 12.4. The normalized spacial score (nSPS) is 13.0. The highest BCUT2D eigenvalue weighted by Gasteiger charge is 2.36. The van der Waals surface area contributed by atoms with Crippen LogP contribution in [0, 0.1) is 0 Å². The molecule has 3 rings (SSSR count). The van der Waals surface area contributed by atoms with Crippen molar-refractivity contribution in [3.8, 4) is 0 Å². The van der Waals surface area contributed by atoms with E-state index in [2.05, 4.69) is 5.32 Å². The molecule has 1 aliphatic heterocycles. The van der Waals surface area contributed by atoms with Gasteiger partial charge in [0.2, 0.25) is 0 Å². The van der Waals surface area contributed by atoms with E-state index in [4.69, 9.17) is 4.74 Å². The lowest BCUT2D eigenvalue weighted by Crippen LogP contribution is -2.29. The van der Waals surface area contributed by atoms with Gasteiger partial charge in [-0.3, -0.25) is 14.9 Å². The van der Waals surface area contributed by atoms with E-state index < -0.39 is 6.09 Å². The number of imide groups is 1. The molecule has 0 fully saturated rings. The number of ether oxygens (including phenoxy) is 1. The number of fused-ring (bicyclic) bond motifs is 1.